The van der Waals surface area contributed by atoms with E-state index in [-0.39, 0.29) is 11.4 Å². The molecule has 1 N–H and O–H groups in total. The summed E-state index contributed by atoms with van der Waals surface area (Å²) < 4.78 is 44.3. The fraction of sp³-hybridized carbons (Fsp3) is 0.143. The molecule has 4 rings (SSSR count). The van der Waals surface area contributed by atoms with Crippen LogP contribution in [-0.2, 0) is 16.6 Å². The number of nitrogens with one attached hydrogen (secondary N) is 1. The van der Waals surface area contributed by atoms with Crippen molar-refractivity contribution >= 4 is 10.0 Å². The predicted octanol–water partition coefficient (Wildman–Crippen LogP) is 3.64. The first-order valence-electron chi connectivity index (χ1n) is 8.70. The van der Waals surface area contributed by atoms with Crippen LogP contribution in [-0.4, -0.2) is 15.5 Å². The third-order valence-electron chi connectivity index (χ3n) is 4.38. The highest BCUT2D eigenvalue weighted by atomic mass is 32.2. The number of sulfonamides is 1. The minimum atomic E-state index is -3.63. The number of hydrogen-bond donors (Lipinski definition) is 1. The van der Waals surface area contributed by atoms with Crippen molar-refractivity contribution in [2.45, 2.75) is 17.7 Å². The van der Waals surface area contributed by atoms with Gasteiger partial charge in [-0.3, -0.25) is 0 Å². The van der Waals surface area contributed by atoms with E-state index in [4.69, 9.17) is 14.2 Å². The fourth-order valence-corrected chi connectivity index (χ4v) is 3.89. The second-order valence-corrected chi connectivity index (χ2v) is 8.03. The van der Waals surface area contributed by atoms with E-state index in [1.807, 2.05) is 36.4 Å². The molecule has 0 spiro atoms. The van der Waals surface area contributed by atoms with E-state index in [9.17, 15) is 8.42 Å². The van der Waals surface area contributed by atoms with Crippen molar-refractivity contribution in [2.24, 2.45) is 0 Å². The van der Waals surface area contributed by atoms with Crippen molar-refractivity contribution in [2.75, 3.05) is 7.11 Å². The van der Waals surface area contributed by atoms with E-state index >= 15 is 0 Å². The van der Waals surface area contributed by atoms with E-state index in [2.05, 4.69) is 4.72 Å². The van der Waals surface area contributed by atoms with Crippen LogP contribution in [0.25, 0.3) is 0 Å². The van der Waals surface area contributed by atoms with Gasteiger partial charge in [-0.05, 0) is 42.0 Å². The highest BCUT2D eigenvalue weighted by molar-refractivity contribution is 7.89. The lowest BCUT2D eigenvalue weighted by Gasteiger charge is -2.09. The van der Waals surface area contributed by atoms with Gasteiger partial charge in [-0.25, -0.2) is 13.1 Å². The highest BCUT2D eigenvalue weighted by Gasteiger charge is 2.26. The number of benzene rings is 3. The third kappa shape index (κ3) is 3.81. The number of hydrogen-bond acceptors (Lipinski definition) is 5. The summed E-state index contributed by atoms with van der Waals surface area (Å²) >= 11 is 0. The molecule has 1 heterocycles. The summed E-state index contributed by atoms with van der Waals surface area (Å²) in [7, 11) is -2.10. The Hall–Kier alpha value is -3.03. The van der Waals surface area contributed by atoms with E-state index < -0.39 is 16.3 Å². The molecule has 144 valence electrons. The molecule has 3 aromatic rings. The molecule has 0 fully saturated rings. The van der Waals surface area contributed by atoms with Gasteiger partial charge in [-0.15, -0.1) is 0 Å². The van der Waals surface area contributed by atoms with Crippen molar-refractivity contribution < 1.29 is 22.6 Å². The SMILES string of the molecule is COc1ccc(S(=O)(=O)NCc2ccc3c(c2)OC(c2ccccc2)O3)cc1. The van der Waals surface area contributed by atoms with Crippen molar-refractivity contribution in [1.82, 2.24) is 4.72 Å². The Kier molecular flexibility index (Phi) is 4.93. The van der Waals surface area contributed by atoms with Crippen molar-refractivity contribution in [3.63, 3.8) is 0 Å². The normalized spacial score (nSPS) is 15.4. The lowest BCUT2D eigenvalue weighted by atomic mass is 10.2. The van der Waals surface area contributed by atoms with Gasteiger partial charge in [0.2, 0.25) is 10.0 Å². The van der Waals surface area contributed by atoms with E-state index in [1.165, 1.54) is 19.2 Å². The Morgan fingerprint density at radius 2 is 1.64 bits per heavy atom. The minimum Gasteiger partial charge on any atom is -0.497 e. The van der Waals surface area contributed by atoms with Crippen molar-refractivity contribution in [3.05, 3.63) is 83.9 Å². The maximum absolute atomic E-state index is 12.5. The Morgan fingerprint density at radius 3 is 2.36 bits per heavy atom. The third-order valence-corrected chi connectivity index (χ3v) is 5.80. The predicted molar refractivity (Wildman–Crippen MR) is 104 cm³/mol. The molecule has 28 heavy (non-hydrogen) atoms. The molecular weight excluding hydrogens is 378 g/mol. The molecule has 0 bridgehead atoms. The molecule has 3 aromatic carbocycles. The molecule has 6 nitrogen and oxygen atoms in total. The molecule has 1 unspecified atom stereocenters. The van der Waals surface area contributed by atoms with Gasteiger partial charge in [-0.2, -0.15) is 0 Å². The summed E-state index contributed by atoms with van der Waals surface area (Å²) in [5.41, 5.74) is 1.69. The van der Waals surface area contributed by atoms with Gasteiger partial charge in [0.05, 0.1) is 12.0 Å². The van der Waals surface area contributed by atoms with Gasteiger partial charge in [0, 0.05) is 12.1 Å². The number of fused-ring (bicyclic) bond motifs is 1. The van der Waals surface area contributed by atoms with E-state index in [0.717, 1.165) is 11.1 Å². The fourth-order valence-electron chi connectivity index (χ4n) is 2.87. The molecule has 0 aliphatic carbocycles. The molecule has 1 atom stereocenters. The molecular formula is C21H19NO5S. The maximum atomic E-state index is 12.5. The Morgan fingerprint density at radius 1 is 0.929 bits per heavy atom. The monoisotopic (exact) mass is 397 g/mol. The molecule has 0 radical (unpaired) electrons. The second kappa shape index (κ2) is 7.53. The standard InChI is InChI=1S/C21H19NO5S/c1-25-17-8-10-18(11-9-17)28(23,24)22-14-15-7-12-19-20(13-15)27-21(26-19)16-5-3-2-4-6-16/h2-13,21-22H,14H2,1H3. The van der Waals surface area contributed by atoms with Crippen LogP contribution in [0.4, 0.5) is 0 Å². The van der Waals surface area contributed by atoms with Crippen LogP contribution in [0.2, 0.25) is 0 Å². The minimum absolute atomic E-state index is 0.140. The zero-order chi connectivity index (χ0) is 19.6. The van der Waals surface area contributed by atoms with Crippen LogP contribution in [0.1, 0.15) is 17.4 Å². The van der Waals surface area contributed by atoms with Crippen LogP contribution >= 0.6 is 0 Å². The van der Waals surface area contributed by atoms with Gasteiger partial charge >= 0.3 is 0 Å². The average molecular weight is 397 g/mol. The number of ether oxygens (including phenoxy) is 3. The zero-order valence-electron chi connectivity index (χ0n) is 15.2. The van der Waals surface area contributed by atoms with Crippen molar-refractivity contribution in [1.29, 1.82) is 0 Å². The average Bonchev–Trinajstić information content (AvgIpc) is 3.16. The largest absolute Gasteiger partial charge is 0.497 e. The number of methoxy groups -OCH3 is 1. The van der Waals surface area contributed by atoms with Gasteiger partial charge < -0.3 is 14.2 Å². The Balaban J connectivity index is 1.44. The van der Waals surface area contributed by atoms with Crippen LogP contribution in [0.5, 0.6) is 17.2 Å². The van der Waals surface area contributed by atoms with E-state index in [0.29, 0.717) is 17.2 Å². The molecule has 0 aromatic heterocycles. The Labute approximate surface area is 163 Å². The van der Waals surface area contributed by atoms with Crippen molar-refractivity contribution in [3.8, 4) is 17.2 Å². The summed E-state index contributed by atoms with van der Waals surface area (Å²) in [5.74, 6) is 1.83. The molecule has 1 aliphatic heterocycles. The lowest BCUT2D eigenvalue weighted by Crippen LogP contribution is -2.23. The maximum Gasteiger partial charge on any atom is 0.267 e. The van der Waals surface area contributed by atoms with Crippen LogP contribution < -0.4 is 18.9 Å². The van der Waals surface area contributed by atoms with Gasteiger partial charge in [-0.1, -0.05) is 36.4 Å². The summed E-state index contributed by atoms with van der Waals surface area (Å²) in [6.07, 6.45) is -0.498. The number of rotatable bonds is 6. The lowest BCUT2D eigenvalue weighted by molar-refractivity contribution is 0.0487. The Bertz CT molecular complexity index is 1070. The quantitative estimate of drug-likeness (QED) is 0.687. The van der Waals surface area contributed by atoms with Crippen LogP contribution in [0, 0.1) is 0 Å². The van der Waals surface area contributed by atoms with Gasteiger partial charge in [0.1, 0.15) is 5.75 Å². The van der Waals surface area contributed by atoms with Gasteiger partial charge in [0.25, 0.3) is 6.29 Å². The first kappa shape index (κ1) is 18.3. The molecule has 0 saturated heterocycles. The zero-order valence-corrected chi connectivity index (χ0v) is 16.0. The van der Waals surface area contributed by atoms with E-state index in [1.54, 1.807) is 24.3 Å². The first-order chi connectivity index (χ1) is 13.5. The molecule has 0 amide bonds. The summed E-state index contributed by atoms with van der Waals surface area (Å²) in [5, 5.41) is 0. The van der Waals surface area contributed by atoms with Crippen LogP contribution in [0.15, 0.2) is 77.7 Å². The van der Waals surface area contributed by atoms with Crippen LogP contribution in [0.3, 0.4) is 0 Å². The molecule has 0 saturated carbocycles. The molecule has 1 aliphatic rings. The molecule has 7 heteroatoms. The highest BCUT2D eigenvalue weighted by Crippen LogP contribution is 2.40. The second-order valence-electron chi connectivity index (χ2n) is 6.26. The topological polar surface area (TPSA) is 73.9 Å². The van der Waals surface area contributed by atoms with Gasteiger partial charge in [0.15, 0.2) is 11.5 Å². The summed E-state index contributed by atoms with van der Waals surface area (Å²) in [6.45, 7) is 0.140. The summed E-state index contributed by atoms with van der Waals surface area (Å²) in [4.78, 5) is 0.179. The first-order valence-corrected chi connectivity index (χ1v) is 10.2. The smallest absolute Gasteiger partial charge is 0.267 e. The summed E-state index contributed by atoms with van der Waals surface area (Å²) in [6, 6.07) is 21.2.